The summed E-state index contributed by atoms with van der Waals surface area (Å²) >= 11 is 0. The average molecular weight is 698 g/mol. The summed E-state index contributed by atoms with van der Waals surface area (Å²) in [7, 11) is 3.35. The normalized spacial score (nSPS) is 19.6. The van der Waals surface area contributed by atoms with Crippen LogP contribution in [0.15, 0.2) is 121 Å². The number of fused-ring (bicyclic) bond motifs is 2. The van der Waals surface area contributed by atoms with Crippen LogP contribution in [0, 0.1) is 17.2 Å². The van der Waals surface area contributed by atoms with E-state index in [1.807, 2.05) is 42.5 Å². The van der Waals surface area contributed by atoms with Gasteiger partial charge in [0.25, 0.3) is 0 Å². The lowest BCUT2D eigenvalue weighted by Crippen LogP contribution is -2.30. The Kier molecular flexibility index (Phi) is 8.85. The molecule has 2 N–H and O–H groups in total. The number of H-pyrrole nitrogens is 2. The number of ether oxygens (including phenoxy) is 2. The molecule has 4 aromatic carbocycles. The first-order chi connectivity index (χ1) is 26.0. The van der Waals surface area contributed by atoms with E-state index in [-0.39, 0.29) is 22.5 Å². The maximum absolute atomic E-state index is 12.6. The van der Waals surface area contributed by atoms with Gasteiger partial charge < -0.3 is 9.47 Å². The number of aromatic amines is 2. The zero-order chi connectivity index (χ0) is 36.4. The molecule has 1 saturated carbocycles. The maximum atomic E-state index is 12.6. The number of carbonyl (C=O) groups excluding carboxylic acids is 1. The van der Waals surface area contributed by atoms with Gasteiger partial charge in [-0.1, -0.05) is 109 Å². The van der Waals surface area contributed by atoms with E-state index in [2.05, 4.69) is 117 Å². The third-order valence-corrected chi connectivity index (χ3v) is 10.8. The van der Waals surface area contributed by atoms with Crippen molar-refractivity contribution in [3.63, 3.8) is 0 Å². The Morgan fingerprint density at radius 3 is 1.58 bits per heavy atom. The molecule has 2 aromatic heterocycles. The van der Waals surface area contributed by atoms with Crippen molar-refractivity contribution in [3.8, 4) is 17.6 Å². The van der Waals surface area contributed by atoms with Gasteiger partial charge in [-0.2, -0.15) is 15.5 Å². The summed E-state index contributed by atoms with van der Waals surface area (Å²) in [5, 5.41) is 24.0. The number of hydrogen-bond acceptors (Lipinski definition) is 6. The van der Waals surface area contributed by atoms with Gasteiger partial charge in [0.05, 0.1) is 14.2 Å². The highest BCUT2D eigenvalue weighted by molar-refractivity contribution is 6.01. The van der Waals surface area contributed by atoms with Gasteiger partial charge in [-0.3, -0.25) is 15.0 Å². The first-order valence-electron chi connectivity index (χ1n) is 17.9. The summed E-state index contributed by atoms with van der Waals surface area (Å²) in [6.45, 7) is 0. The fourth-order valence-electron chi connectivity index (χ4n) is 7.72. The molecule has 8 heteroatoms. The monoisotopic (exact) mass is 697 g/mol. The molecule has 9 rings (SSSR count). The second kappa shape index (κ2) is 13.9. The molecule has 0 amide bonds. The number of Topliss-reactive ketones (excluding diaryl/α,β-unsaturated/α-hetero) is 1. The molecule has 53 heavy (non-hydrogen) atoms. The minimum Gasteiger partial charge on any atom is -0.497 e. The number of methoxy groups -OCH3 is 2. The summed E-state index contributed by atoms with van der Waals surface area (Å²) in [4.78, 5) is 12.6. The van der Waals surface area contributed by atoms with Crippen LogP contribution < -0.4 is 9.47 Å². The van der Waals surface area contributed by atoms with E-state index in [0.717, 1.165) is 59.7 Å². The predicted molar refractivity (Wildman–Crippen MR) is 205 cm³/mol. The van der Waals surface area contributed by atoms with E-state index in [4.69, 9.17) is 9.47 Å². The van der Waals surface area contributed by atoms with Crippen molar-refractivity contribution in [1.82, 2.24) is 20.4 Å². The fourth-order valence-corrected chi connectivity index (χ4v) is 7.72. The quantitative estimate of drug-likeness (QED) is 0.154. The van der Waals surface area contributed by atoms with Crippen molar-refractivity contribution >= 4 is 17.9 Å². The van der Waals surface area contributed by atoms with Gasteiger partial charge in [-0.15, -0.1) is 0 Å². The van der Waals surface area contributed by atoms with E-state index < -0.39 is 0 Å². The van der Waals surface area contributed by atoms with Crippen LogP contribution in [0.3, 0.4) is 0 Å². The molecule has 3 aliphatic rings. The molecule has 8 nitrogen and oxygen atoms in total. The molecule has 2 unspecified atom stereocenters. The molecule has 6 aromatic rings. The van der Waals surface area contributed by atoms with Crippen molar-refractivity contribution in [2.24, 2.45) is 5.92 Å². The summed E-state index contributed by atoms with van der Waals surface area (Å²) in [6, 6.07) is 39.4. The summed E-state index contributed by atoms with van der Waals surface area (Å²) in [5.74, 6) is 2.02. The molecular weight excluding hydrogens is 659 g/mol. The Morgan fingerprint density at radius 1 is 0.660 bits per heavy atom. The number of nitrogens with zero attached hydrogens (tertiary/aromatic N) is 3. The van der Waals surface area contributed by atoms with Crippen LogP contribution in [0.4, 0.5) is 0 Å². The summed E-state index contributed by atoms with van der Waals surface area (Å²) in [6.07, 6.45) is 11.9. The minimum atomic E-state index is -0.313. The van der Waals surface area contributed by atoms with E-state index in [1.54, 1.807) is 14.2 Å². The molecule has 0 radical (unpaired) electrons. The molecular formula is C45H39N5O3. The van der Waals surface area contributed by atoms with Gasteiger partial charge in [-0.25, -0.2) is 0 Å². The van der Waals surface area contributed by atoms with Crippen LogP contribution in [-0.4, -0.2) is 40.4 Å². The number of aromatic nitrogens is 4. The Morgan fingerprint density at radius 2 is 1.11 bits per heavy atom. The molecule has 262 valence electrons. The Labute approximate surface area is 308 Å². The smallest absolute Gasteiger partial charge is 0.186 e. The van der Waals surface area contributed by atoms with E-state index in [1.165, 1.54) is 22.3 Å². The largest absolute Gasteiger partial charge is 0.497 e. The molecule has 0 saturated heterocycles. The lowest BCUT2D eigenvalue weighted by Gasteiger charge is -2.34. The number of benzene rings is 4. The second-order valence-electron chi connectivity index (χ2n) is 13.8. The van der Waals surface area contributed by atoms with Crippen molar-refractivity contribution < 1.29 is 14.3 Å². The minimum absolute atomic E-state index is 0.170. The molecule has 0 spiro atoms. The van der Waals surface area contributed by atoms with Gasteiger partial charge in [0, 0.05) is 52.1 Å². The zero-order valence-corrected chi connectivity index (χ0v) is 29.7. The van der Waals surface area contributed by atoms with Gasteiger partial charge in [0.1, 0.15) is 23.3 Å². The summed E-state index contributed by atoms with van der Waals surface area (Å²) in [5.41, 5.74) is 9.06. The average Bonchev–Trinajstić information content (AvgIpc) is 3.88. The van der Waals surface area contributed by atoms with E-state index >= 15 is 0 Å². The van der Waals surface area contributed by atoms with Gasteiger partial charge >= 0.3 is 0 Å². The number of allylic oxidation sites excluding steroid dienone is 2. The first kappa shape index (κ1) is 33.7. The molecule has 2 atom stereocenters. The standard InChI is InChI=1S/C24H22N2O2.C21H17N3O/c1-28-19-11-9-18(10-12-19)24(17-5-3-2-4-6-17)14-13-20-21(15-24)25-26-22(20)23(27)16-7-8-16;1-25-17-9-7-16(8-10-17)21(15-5-3-2-4-6-15)12-11-18-19(13-21)23-24-20(18)14-22/h2-6,9-14,16H,7-8,15H2,1H3,(H,25,26);2-12H,13H2,1H3,(H,23,24). The van der Waals surface area contributed by atoms with Crippen LogP contribution in [0.5, 0.6) is 11.5 Å². The predicted octanol–water partition coefficient (Wildman–Crippen LogP) is 8.41. The lowest BCUT2D eigenvalue weighted by atomic mass is 9.68. The molecule has 3 aliphatic carbocycles. The van der Waals surface area contributed by atoms with Crippen LogP contribution in [0.1, 0.15) is 73.8 Å². The van der Waals surface area contributed by atoms with Crippen LogP contribution in [-0.2, 0) is 23.7 Å². The third-order valence-electron chi connectivity index (χ3n) is 10.8. The molecule has 1 fully saturated rings. The topological polar surface area (TPSA) is 117 Å². The number of nitrogens with one attached hydrogen (secondary N) is 2. The maximum Gasteiger partial charge on any atom is 0.186 e. The SMILES string of the molecule is COc1ccc(C2(c3ccccc3)C=Cc3c(C#N)n[nH]c3C2)cc1.COc1ccc(C2(c3ccccc3)C=Cc3c(C(=O)C4CC4)n[nH]c3C2)cc1. The number of hydrogen-bond donors (Lipinski definition) is 2. The van der Waals surface area contributed by atoms with Gasteiger partial charge in [-0.05, 0) is 59.4 Å². The third kappa shape index (κ3) is 6.14. The Bertz CT molecular complexity index is 2350. The van der Waals surface area contributed by atoms with Crippen LogP contribution in [0.2, 0.25) is 0 Å². The van der Waals surface area contributed by atoms with Gasteiger partial charge in [0.15, 0.2) is 11.5 Å². The van der Waals surface area contributed by atoms with Crippen LogP contribution in [0.25, 0.3) is 12.2 Å². The highest BCUT2D eigenvalue weighted by atomic mass is 16.5. The first-order valence-corrected chi connectivity index (χ1v) is 17.9. The van der Waals surface area contributed by atoms with Crippen molar-refractivity contribution in [2.75, 3.05) is 14.2 Å². The molecule has 0 aliphatic heterocycles. The number of ketones is 1. The Balaban J connectivity index is 0.000000152. The Hall–Kier alpha value is -6.46. The highest BCUT2D eigenvalue weighted by Gasteiger charge is 2.40. The van der Waals surface area contributed by atoms with E-state index in [0.29, 0.717) is 11.4 Å². The molecule has 0 bridgehead atoms. The van der Waals surface area contributed by atoms with Gasteiger partial charge in [0.2, 0.25) is 0 Å². The van der Waals surface area contributed by atoms with E-state index in [9.17, 15) is 10.1 Å². The number of nitriles is 1. The molecule has 2 heterocycles. The summed E-state index contributed by atoms with van der Waals surface area (Å²) < 4.78 is 10.6. The van der Waals surface area contributed by atoms with Crippen molar-refractivity contribution in [2.45, 2.75) is 36.5 Å². The second-order valence-corrected chi connectivity index (χ2v) is 13.8. The lowest BCUT2D eigenvalue weighted by molar-refractivity contribution is 0.0962. The highest BCUT2D eigenvalue weighted by Crippen LogP contribution is 2.44. The number of rotatable bonds is 8. The van der Waals surface area contributed by atoms with Crippen molar-refractivity contribution in [1.29, 1.82) is 5.26 Å². The number of carbonyl (C=O) groups is 1. The zero-order valence-electron chi connectivity index (χ0n) is 29.7. The van der Waals surface area contributed by atoms with Crippen LogP contribution >= 0.6 is 0 Å². The fraction of sp³-hybridized carbons (Fsp3) is 0.200. The van der Waals surface area contributed by atoms with Crippen molar-refractivity contribution in [3.05, 3.63) is 178 Å².